The molecule has 0 aromatic rings. The van der Waals surface area contributed by atoms with Gasteiger partial charge in [0.25, 0.3) is 0 Å². The zero-order valence-corrected chi connectivity index (χ0v) is 11.5. The lowest BCUT2D eigenvalue weighted by Crippen LogP contribution is -2.24. The largest absolute Gasteiger partial charge is 0.466 e. The van der Waals surface area contributed by atoms with Crippen molar-refractivity contribution in [3.8, 4) is 0 Å². The first-order valence-electron chi connectivity index (χ1n) is 7.09. The molecule has 102 valence electrons. The van der Waals surface area contributed by atoms with Crippen molar-refractivity contribution in [1.82, 2.24) is 0 Å². The van der Waals surface area contributed by atoms with Gasteiger partial charge >= 0.3 is 5.97 Å². The third-order valence-corrected chi connectivity index (χ3v) is 3.36. The van der Waals surface area contributed by atoms with Gasteiger partial charge in [0.2, 0.25) is 0 Å². The first-order chi connectivity index (χ1) is 8.69. The fourth-order valence-corrected chi connectivity index (χ4v) is 2.37. The lowest BCUT2D eigenvalue weighted by molar-refractivity contribution is -0.147. The van der Waals surface area contributed by atoms with Gasteiger partial charge in [-0.15, -0.1) is 0 Å². The summed E-state index contributed by atoms with van der Waals surface area (Å²) in [6.45, 7) is 4.40. The molecule has 0 heterocycles. The van der Waals surface area contributed by atoms with Crippen LogP contribution in [-0.4, -0.2) is 18.4 Å². The van der Waals surface area contributed by atoms with Gasteiger partial charge in [0.15, 0.2) is 5.78 Å². The van der Waals surface area contributed by atoms with E-state index in [1.54, 1.807) is 6.08 Å². The number of unbranched alkanes of at least 4 members (excludes halogenated alkanes) is 3. The van der Waals surface area contributed by atoms with Crippen molar-refractivity contribution in [2.75, 3.05) is 6.61 Å². The molecular formula is C15H24O3. The fourth-order valence-electron chi connectivity index (χ4n) is 2.37. The number of rotatable bonds is 7. The van der Waals surface area contributed by atoms with E-state index < -0.39 is 0 Å². The van der Waals surface area contributed by atoms with Crippen LogP contribution in [0.4, 0.5) is 0 Å². The molecular weight excluding hydrogens is 228 g/mol. The minimum atomic E-state index is -0.177. The van der Waals surface area contributed by atoms with E-state index in [2.05, 4.69) is 6.92 Å². The summed E-state index contributed by atoms with van der Waals surface area (Å²) in [5.41, 5.74) is 0.987. The number of allylic oxidation sites excluding steroid dienone is 1. The molecule has 1 aliphatic rings. The molecule has 0 saturated heterocycles. The Morgan fingerprint density at radius 3 is 2.78 bits per heavy atom. The van der Waals surface area contributed by atoms with Crippen LogP contribution in [0.25, 0.3) is 0 Å². The predicted molar refractivity (Wildman–Crippen MR) is 71.2 cm³/mol. The van der Waals surface area contributed by atoms with Crippen LogP contribution in [-0.2, 0) is 14.3 Å². The van der Waals surface area contributed by atoms with Crippen LogP contribution < -0.4 is 0 Å². The summed E-state index contributed by atoms with van der Waals surface area (Å²) in [7, 11) is 0. The van der Waals surface area contributed by atoms with Crippen LogP contribution in [0.1, 0.15) is 58.8 Å². The molecule has 0 aromatic carbocycles. The zero-order chi connectivity index (χ0) is 13.4. The van der Waals surface area contributed by atoms with Crippen molar-refractivity contribution >= 4 is 11.8 Å². The summed E-state index contributed by atoms with van der Waals surface area (Å²) in [5.74, 6) is -0.183. The number of ether oxygens (including phenoxy) is 1. The molecule has 1 atom stereocenters. The van der Waals surface area contributed by atoms with Gasteiger partial charge in [0, 0.05) is 6.42 Å². The third kappa shape index (κ3) is 4.63. The molecule has 0 unspecified atom stereocenters. The van der Waals surface area contributed by atoms with E-state index >= 15 is 0 Å². The molecule has 3 heteroatoms. The lowest BCUT2D eigenvalue weighted by Gasteiger charge is -2.22. The van der Waals surface area contributed by atoms with E-state index in [9.17, 15) is 9.59 Å². The molecule has 0 spiro atoms. The molecule has 0 bridgehead atoms. The zero-order valence-electron chi connectivity index (χ0n) is 11.5. The topological polar surface area (TPSA) is 43.4 Å². The Morgan fingerprint density at radius 2 is 2.11 bits per heavy atom. The highest BCUT2D eigenvalue weighted by Gasteiger charge is 2.28. The Balaban J connectivity index is 2.56. The van der Waals surface area contributed by atoms with Crippen molar-refractivity contribution in [1.29, 1.82) is 0 Å². The molecule has 0 saturated carbocycles. The van der Waals surface area contributed by atoms with Gasteiger partial charge < -0.3 is 4.74 Å². The van der Waals surface area contributed by atoms with E-state index in [0.29, 0.717) is 19.4 Å². The first kappa shape index (κ1) is 14.9. The smallest absolute Gasteiger partial charge is 0.313 e. The van der Waals surface area contributed by atoms with Gasteiger partial charge in [-0.1, -0.05) is 31.8 Å². The Kier molecular flexibility index (Phi) is 6.69. The van der Waals surface area contributed by atoms with E-state index in [1.165, 1.54) is 12.8 Å². The molecule has 3 nitrogen and oxygen atoms in total. The van der Waals surface area contributed by atoms with Crippen molar-refractivity contribution < 1.29 is 14.3 Å². The molecule has 1 rings (SSSR count). The highest BCUT2D eigenvalue weighted by Crippen LogP contribution is 2.28. The first-order valence-corrected chi connectivity index (χ1v) is 7.09. The molecule has 0 fully saturated rings. The normalized spacial score (nSPS) is 19.6. The minimum absolute atomic E-state index is 0.154. The van der Waals surface area contributed by atoms with Gasteiger partial charge in [-0.05, 0) is 32.3 Å². The Morgan fingerprint density at radius 1 is 1.33 bits per heavy atom. The summed E-state index contributed by atoms with van der Waals surface area (Å²) in [5, 5.41) is 0. The van der Waals surface area contributed by atoms with Crippen LogP contribution >= 0.6 is 0 Å². The van der Waals surface area contributed by atoms with Gasteiger partial charge in [0.05, 0.1) is 12.5 Å². The maximum absolute atomic E-state index is 11.8. The van der Waals surface area contributed by atoms with Gasteiger partial charge in [0.1, 0.15) is 0 Å². The van der Waals surface area contributed by atoms with Gasteiger partial charge in [-0.25, -0.2) is 0 Å². The quantitative estimate of drug-likeness (QED) is 0.515. The molecule has 0 N–H and O–H groups in total. The highest BCUT2D eigenvalue weighted by atomic mass is 16.5. The second-order valence-corrected chi connectivity index (χ2v) is 4.84. The molecule has 0 radical (unpaired) electrons. The van der Waals surface area contributed by atoms with E-state index in [1.807, 2.05) is 6.92 Å². The van der Waals surface area contributed by atoms with Crippen molar-refractivity contribution in [3.05, 3.63) is 11.6 Å². The average molecular weight is 252 g/mol. The van der Waals surface area contributed by atoms with Crippen LogP contribution in [0.15, 0.2) is 11.6 Å². The fraction of sp³-hybridized carbons (Fsp3) is 0.733. The molecule has 1 aliphatic carbocycles. The predicted octanol–water partition coefficient (Wildman–Crippen LogP) is 3.43. The summed E-state index contributed by atoms with van der Waals surface area (Å²) in [6, 6.07) is 0. The summed E-state index contributed by atoms with van der Waals surface area (Å²) in [4.78, 5) is 23.3. The van der Waals surface area contributed by atoms with E-state index in [-0.39, 0.29) is 17.7 Å². The average Bonchev–Trinajstić information content (AvgIpc) is 2.35. The molecule has 0 amide bonds. The SMILES string of the molecule is CCCCCCC1=CC(=O)CC[C@H]1C(=O)OCC. The van der Waals surface area contributed by atoms with Gasteiger partial charge in [-0.3, -0.25) is 9.59 Å². The maximum atomic E-state index is 11.8. The van der Waals surface area contributed by atoms with Crippen LogP contribution in [0, 0.1) is 5.92 Å². The number of carbonyl (C=O) groups excluding carboxylic acids is 2. The number of hydrogen-bond acceptors (Lipinski definition) is 3. The Labute approximate surface area is 110 Å². The van der Waals surface area contributed by atoms with Crippen LogP contribution in [0.5, 0.6) is 0 Å². The van der Waals surface area contributed by atoms with Crippen molar-refractivity contribution in [2.45, 2.75) is 58.8 Å². The van der Waals surface area contributed by atoms with Crippen molar-refractivity contribution in [3.63, 3.8) is 0 Å². The number of esters is 1. The second kappa shape index (κ2) is 8.06. The molecule has 0 aromatic heterocycles. The Hall–Kier alpha value is -1.12. The van der Waals surface area contributed by atoms with E-state index in [0.717, 1.165) is 24.8 Å². The van der Waals surface area contributed by atoms with Crippen LogP contribution in [0.2, 0.25) is 0 Å². The third-order valence-electron chi connectivity index (χ3n) is 3.36. The molecule has 0 aliphatic heterocycles. The summed E-state index contributed by atoms with van der Waals surface area (Å²) in [6.07, 6.45) is 8.26. The maximum Gasteiger partial charge on any atom is 0.313 e. The highest BCUT2D eigenvalue weighted by molar-refractivity contribution is 5.93. The van der Waals surface area contributed by atoms with Crippen molar-refractivity contribution in [2.24, 2.45) is 5.92 Å². The minimum Gasteiger partial charge on any atom is -0.466 e. The molecule has 18 heavy (non-hydrogen) atoms. The number of hydrogen-bond donors (Lipinski definition) is 0. The Bertz CT molecular complexity index is 318. The monoisotopic (exact) mass is 252 g/mol. The standard InChI is InChI=1S/C15H24O3/c1-3-5-6-7-8-12-11-13(16)9-10-14(12)15(17)18-4-2/h11,14H,3-10H2,1-2H3/t14-/m1/s1. The van der Waals surface area contributed by atoms with Crippen LogP contribution in [0.3, 0.4) is 0 Å². The number of carbonyl (C=O) groups is 2. The summed E-state index contributed by atoms with van der Waals surface area (Å²) < 4.78 is 5.08. The number of ketones is 1. The summed E-state index contributed by atoms with van der Waals surface area (Å²) >= 11 is 0. The van der Waals surface area contributed by atoms with E-state index in [4.69, 9.17) is 4.74 Å². The second-order valence-electron chi connectivity index (χ2n) is 4.84. The van der Waals surface area contributed by atoms with Gasteiger partial charge in [-0.2, -0.15) is 0 Å². The lowest BCUT2D eigenvalue weighted by atomic mass is 9.84.